The van der Waals surface area contributed by atoms with Gasteiger partial charge in [-0.25, -0.2) is 4.79 Å². The fraction of sp³-hybridized carbons (Fsp3) is 0.263. The molecule has 0 amide bonds. The highest BCUT2D eigenvalue weighted by Gasteiger charge is 2.27. The summed E-state index contributed by atoms with van der Waals surface area (Å²) < 4.78 is 0. The number of rotatable bonds is 6. The first kappa shape index (κ1) is 15.3. The molecule has 4 heteroatoms. The van der Waals surface area contributed by atoms with Crippen LogP contribution in [0.1, 0.15) is 34.3 Å². The minimum Gasteiger partial charge on any atom is -0.480 e. The number of benzene rings is 2. The van der Waals surface area contributed by atoms with E-state index in [0.717, 1.165) is 35.2 Å². The number of carboxylic acids is 1. The van der Waals surface area contributed by atoms with E-state index in [9.17, 15) is 9.59 Å². The molecule has 0 aromatic heterocycles. The molecule has 1 unspecified atom stereocenters. The van der Waals surface area contributed by atoms with Crippen molar-refractivity contribution in [2.75, 3.05) is 5.32 Å². The molecule has 2 aromatic carbocycles. The van der Waals surface area contributed by atoms with Crippen LogP contribution < -0.4 is 5.32 Å². The van der Waals surface area contributed by atoms with Crippen molar-refractivity contribution in [1.29, 1.82) is 0 Å². The quantitative estimate of drug-likeness (QED) is 0.803. The number of nitrogens with one attached hydrogen (secondary N) is 1. The van der Waals surface area contributed by atoms with Crippen LogP contribution in [-0.2, 0) is 17.6 Å². The zero-order valence-electron chi connectivity index (χ0n) is 12.8. The summed E-state index contributed by atoms with van der Waals surface area (Å²) >= 11 is 0. The molecule has 3 rings (SSSR count). The summed E-state index contributed by atoms with van der Waals surface area (Å²) in [5, 5.41) is 12.2. The van der Waals surface area contributed by atoms with Crippen LogP contribution in [0.5, 0.6) is 0 Å². The maximum absolute atomic E-state index is 12.1. The second-order valence-corrected chi connectivity index (χ2v) is 5.83. The van der Waals surface area contributed by atoms with Gasteiger partial charge in [-0.2, -0.15) is 0 Å². The smallest absolute Gasteiger partial charge is 0.326 e. The van der Waals surface area contributed by atoms with Crippen molar-refractivity contribution in [3.8, 4) is 0 Å². The van der Waals surface area contributed by atoms with Gasteiger partial charge in [-0.15, -0.1) is 0 Å². The zero-order chi connectivity index (χ0) is 16.2. The maximum Gasteiger partial charge on any atom is 0.326 e. The van der Waals surface area contributed by atoms with Crippen LogP contribution in [-0.4, -0.2) is 22.9 Å². The molecule has 23 heavy (non-hydrogen) atoms. The number of carboxylic acid groups (broad SMARTS) is 1. The molecule has 0 saturated heterocycles. The Balaban J connectivity index is 1.61. The fourth-order valence-electron chi connectivity index (χ4n) is 3.04. The first-order valence-electron chi connectivity index (χ1n) is 7.83. The molecule has 0 spiro atoms. The molecule has 0 aliphatic carbocycles. The Bertz CT molecular complexity index is 725. The molecule has 1 heterocycles. The maximum atomic E-state index is 12.1. The van der Waals surface area contributed by atoms with E-state index >= 15 is 0 Å². The normalized spacial score (nSPS) is 15.7. The van der Waals surface area contributed by atoms with E-state index in [1.807, 2.05) is 48.5 Å². The van der Waals surface area contributed by atoms with Gasteiger partial charge >= 0.3 is 5.97 Å². The second kappa shape index (κ2) is 6.65. The number of aryl methyl sites for hydroxylation is 1. The van der Waals surface area contributed by atoms with Gasteiger partial charge < -0.3 is 10.4 Å². The van der Waals surface area contributed by atoms with Crippen LogP contribution >= 0.6 is 0 Å². The fourth-order valence-corrected chi connectivity index (χ4v) is 3.04. The lowest BCUT2D eigenvalue weighted by molar-refractivity contribution is -0.137. The lowest BCUT2D eigenvalue weighted by Crippen LogP contribution is -2.26. The highest BCUT2D eigenvalue weighted by molar-refractivity contribution is 5.95. The van der Waals surface area contributed by atoms with Crippen LogP contribution in [0.25, 0.3) is 0 Å². The van der Waals surface area contributed by atoms with Crippen molar-refractivity contribution < 1.29 is 14.7 Å². The van der Waals surface area contributed by atoms with Crippen LogP contribution in [0.15, 0.2) is 48.5 Å². The third kappa shape index (κ3) is 3.42. The molecular formula is C19H19NO3. The lowest BCUT2D eigenvalue weighted by Gasteiger charge is -2.07. The Kier molecular flexibility index (Phi) is 4.42. The topological polar surface area (TPSA) is 66.4 Å². The Morgan fingerprint density at radius 2 is 1.87 bits per heavy atom. The highest BCUT2D eigenvalue weighted by Crippen LogP contribution is 2.30. The number of carbonyl (C=O) groups excluding carboxylic acids is 1. The van der Waals surface area contributed by atoms with E-state index in [-0.39, 0.29) is 5.78 Å². The number of hydrogen-bond acceptors (Lipinski definition) is 3. The van der Waals surface area contributed by atoms with Gasteiger partial charge in [0.05, 0.1) is 0 Å². The number of anilines is 1. The van der Waals surface area contributed by atoms with E-state index in [4.69, 9.17) is 5.11 Å². The van der Waals surface area contributed by atoms with Gasteiger partial charge in [0, 0.05) is 24.1 Å². The van der Waals surface area contributed by atoms with Gasteiger partial charge in [0.2, 0.25) is 0 Å². The first-order chi connectivity index (χ1) is 11.1. The van der Waals surface area contributed by atoms with Crippen molar-refractivity contribution in [2.24, 2.45) is 0 Å². The second-order valence-electron chi connectivity index (χ2n) is 5.83. The van der Waals surface area contributed by atoms with Crippen molar-refractivity contribution in [3.05, 3.63) is 65.2 Å². The average Bonchev–Trinajstić information content (AvgIpc) is 3.01. The average molecular weight is 309 g/mol. The van der Waals surface area contributed by atoms with Crippen molar-refractivity contribution >= 4 is 17.4 Å². The number of Topliss-reactive ketones (excluding diaryl/α,β-unsaturated/α-hetero) is 1. The Hall–Kier alpha value is -2.62. The van der Waals surface area contributed by atoms with Gasteiger partial charge in [0.15, 0.2) is 5.78 Å². The molecule has 2 N–H and O–H groups in total. The summed E-state index contributed by atoms with van der Waals surface area (Å²) in [5.74, 6) is -0.675. The number of hydrogen-bond donors (Lipinski definition) is 2. The van der Waals surface area contributed by atoms with Gasteiger partial charge in [-0.3, -0.25) is 4.79 Å². The van der Waals surface area contributed by atoms with Crippen LogP contribution in [0, 0.1) is 0 Å². The Morgan fingerprint density at radius 3 is 2.61 bits per heavy atom. The van der Waals surface area contributed by atoms with Crippen LogP contribution in [0.4, 0.5) is 5.69 Å². The third-order valence-electron chi connectivity index (χ3n) is 4.25. The summed E-state index contributed by atoms with van der Waals surface area (Å²) in [7, 11) is 0. The van der Waals surface area contributed by atoms with Crippen LogP contribution in [0.3, 0.4) is 0 Å². The zero-order valence-corrected chi connectivity index (χ0v) is 12.8. The molecule has 1 atom stereocenters. The van der Waals surface area contributed by atoms with Gasteiger partial charge in [0.1, 0.15) is 6.04 Å². The van der Waals surface area contributed by atoms with E-state index in [0.29, 0.717) is 12.8 Å². The number of aliphatic carboxylic acids is 1. The monoisotopic (exact) mass is 309 g/mol. The predicted molar refractivity (Wildman–Crippen MR) is 88.9 cm³/mol. The highest BCUT2D eigenvalue weighted by atomic mass is 16.4. The van der Waals surface area contributed by atoms with Crippen molar-refractivity contribution in [3.63, 3.8) is 0 Å². The van der Waals surface area contributed by atoms with Crippen LogP contribution in [0.2, 0.25) is 0 Å². The molecule has 118 valence electrons. The largest absolute Gasteiger partial charge is 0.480 e. The molecule has 0 fully saturated rings. The number of ketones is 1. The Morgan fingerprint density at radius 1 is 1.09 bits per heavy atom. The lowest BCUT2D eigenvalue weighted by atomic mass is 9.97. The summed E-state index contributed by atoms with van der Waals surface area (Å²) in [6, 6.07) is 14.6. The van der Waals surface area contributed by atoms with Crippen molar-refractivity contribution in [2.45, 2.75) is 31.7 Å². The number of fused-ring (bicyclic) bond motifs is 1. The van der Waals surface area contributed by atoms with E-state index in [1.165, 1.54) is 0 Å². The van der Waals surface area contributed by atoms with Gasteiger partial charge in [0.25, 0.3) is 0 Å². The summed E-state index contributed by atoms with van der Waals surface area (Å²) in [6.45, 7) is 0. The predicted octanol–water partition coefficient (Wildman–Crippen LogP) is 3.31. The summed E-state index contributed by atoms with van der Waals surface area (Å²) in [6.07, 6.45) is 2.56. The molecule has 0 bridgehead atoms. The third-order valence-corrected chi connectivity index (χ3v) is 4.25. The standard InChI is InChI=1S/C19H19NO3/c21-18(14-6-2-1-3-7-14)11-5-9-13-8-4-10-16-15(13)12-17(20-16)19(22)23/h1-4,6-8,10,17,20H,5,9,11-12H2,(H,22,23). The molecule has 1 aliphatic heterocycles. The molecule has 2 aromatic rings. The van der Waals surface area contributed by atoms with Gasteiger partial charge in [-0.05, 0) is 30.0 Å². The minimum absolute atomic E-state index is 0.153. The molecule has 0 saturated carbocycles. The van der Waals surface area contributed by atoms with Crippen molar-refractivity contribution in [1.82, 2.24) is 0 Å². The minimum atomic E-state index is -0.827. The molecule has 0 radical (unpaired) electrons. The first-order valence-corrected chi connectivity index (χ1v) is 7.83. The summed E-state index contributed by atoms with van der Waals surface area (Å²) in [5.41, 5.74) is 3.87. The molecule has 1 aliphatic rings. The summed E-state index contributed by atoms with van der Waals surface area (Å²) in [4.78, 5) is 23.3. The molecule has 4 nitrogen and oxygen atoms in total. The van der Waals surface area contributed by atoms with E-state index in [2.05, 4.69) is 5.32 Å². The van der Waals surface area contributed by atoms with Gasteiger partial charge in [-0.1, -0.05) is 42.5 Å². The number of carbonyl (C=O) groups is 2. The van der Waals surface area contributed by atoms with E-state index in [1.54, 1.807) is 0 Å². The Labute approximate surface area is 135 Å². The SMILES string of the molecule is O=C(CCCc1cccc2c1CC(C(=O)O)N2)c1ccccc1. The molecular weight excluding hydrogens is 290 g/mol. The van der Waals surface area contributed by atoms with E-state index < -0.39 is 12.0 Å².